The second-order valence-corrected chi connectivity index (χ2v) is 15.8. The highest BCUT2D eigenvalue weighted by Gasteiger charge is 1.83. The van der Waals surface area contributed by atoms with Gasteiger partial charge in [0.2, 0.25) is 0 Å². The van der Waals surface area contributed by atoms with Gasteiger partial charge >= 0.3 is 0 Å². The van der Waals surface area contributed by atoms with Crippen molar-refractivity contribution >= 4 is 68.8 Å². The Hall–Kier alpha value is 1.40. The van der Waals surface area contributed by atoms with Crippen molar-refractivity contribution in [3.05, 3.63) is 0 Å². The molecule has 0 aromatic carbocycles. The summed E-state index contributed by atoms with van der Waals surface area (Å²) in [6.45, 7) is 15.2. The molecule has 0 fully saturated rings. The van der Waals surface area contributed by atoms with Gasteiger partial charge in [0.1, 0.15) is 31.5 Å². The lowest BCUT2D eigenvalue weighted by molar-refractivity contribution is 0.647. The second kappa shape index (κ2) is 26.1. The van der Waals surface area contributed by atoms with Crippen LogP contribution in [0.1, 0.15) is 0 Å². The third kappa shape index (κ3) is 75.4. The molecule has 0 spiro atoms. The second-order valence-electron chi connectivity index (χ2n) is 3.85. The first kappa shape index (κ1) is 26.9. The Labute approximate surface area is 127 Å². The maximum absolute atomic E-state index is 5.03. The number of hydrogen-bond donors (Lipinski definition) is 0. The van der Waals surface area contributed by atoms with Crippen molar-refractivity contribution in [2.24, 2.45) is 0 Å². The summed E-state index contributed by atoms with van der Waals surface area (Å²) >= 11 is 0. The first-order chi connectivity index (χ1) is 7.81. The Morgan fingerprint density at radius 1 is 0.529 bits per heavy atom. The molecule has 0 aliphatic carbocycles. The van der Waals surface area contributed by atoms with E-state index in [2.05, 4.69) is 45.8 Å². The molecule has 110 valence electrons. The molecule has 0 unspecified atom stereocenters. The van der Waals surface area contributed by atoms with Crippen LogP contribution in [0.3, 0.4) is 0 Å². The highest BCUT2D eigenvalue weighted by atomic mass is 28.3. The van der Waals surface area contributed by atoms with Gasteiger partial charge in [0.15, 0.2) is 27.1 Å². The van der Waals surface area contributed by atoms with Gasteiger partial charge in [0.05, 0.1) is 0 Å². The minimum Gasteiger partial charge on any atom is -0.466 e. The zero-order chi connectivity index (χ0) is 14.9. The quantitative estimate of drug-likeness (QED) is 0.506. The van der Waals surface area contributed by atoms with Crippen molar-refractivity contribution in [2.45, 2.75) is 45.8 Å². The van der Waals surface area contributed by atoms with Crippen LogP contribution in [0.5, 0.6) is 0 Å². The normalized spacial score (nSPS) is 9.53. The van der Waals surface area contributed by atoms with Crippen LogP contribution in [-0.2, 0) is 12.3 Å². The molecule has 0 atom stereocenters. The molecule has 0 aliphatic rings. The predicted molar refractivity (Wildman–Crippen MR) is 106 cm³/mol. The maximum Gasteiger partial charge on any atom is 0.156 e. The molecule has 0 rings (SSSR count). The van der Waals surface area contributed by atoms with Crippen LogP contribution in [0.2, 0.25) is 45.8 Å². The van der Waals surface area contributed by atoms with Gasteiger partial charge in [-0.05, 0) is 49.5 Å². The molecule has 0 saturated heterocycles. The van der Waals surface area contributed by atoms with E-state index in [0.29, 0.717) is 0 Å². The van der Waals surface area contributed by atoms with Crippen LogP contribution in [0.25, 0.3) is 0 Å². The monoisotopic (exact) mass is 364 g/mol. The zero-order valence-corrected chi connectivity index (χ0v) is 25.4. The van der Waals surface area contributed by atoms with Gasteiger partial charge in [-0.2, -0.15) is 0 Å². The third-order valence-corrected chi connectivity index (χ3v) is 12.7. The van der Waals surface area contributed by atoms with Crippen LogP contribution in [0, 0.1) is 0 Å². The lowest BCUT2D eigenvalue weighted by Crippen LogP contribution is -2.02. The average molecular weight is 365 g/mol. The molecule has 3 nitrogen and oxygen atoms in total. The van der Waals surface area contributed by atoms with Crippen LogP contribution in [-0.4, -0.2) is 68.8 Å². The van der Waals surface area contributed by atoms with Crippen molar-refractivity contribution in [1.29, 1.82) is 0 Å². The van der Waals surface area contributed by atoms with Crippen molar-refractivity contribution < 1.29 is 12.3 Å². The molecular weight excluding hydrogens is 329 g/mol. The van der Waals surface area contributed by atoms with Crippen molar-refractivity contribution in [3.63, 3.8) is 0 Å². The summed E-state index contributed by atoms with van der Waals surface area (Å²) in [6, 6.07) is 0. The van der Waals surface area contributed by atoms with E-state index >= 15 is 0 Å². The molecule has 0 aromatic heterocycles. The van der Waals surface area contributed by atoms with E-state index < -0.39 is 27.1 Å². The summed E-state index contributed by atoms with van der Waals surface area (Å²) < 4.78 is 15.1. The van der Waals surface area contributed by atoms with E-state index in [0.717, 1.165) is 31.5 Å². The SMILES string of the molecule is C[SiH3].C[SiH](C)O[SiH3].C[SiH](C)O[SiH3].C[SiH](C)O[SiH3]. The van der Waals surface area contributed by atoms with Gasteiger partial charge in [-0.15, -0.1) is 0 Å². The molecule has 0 aromatic rings. The zero-order valence-electron chi connectivity index (χ0n) is 14.0. The van der Waals surface area contributed by atoms with Crippen molar-refractivity contribution in [1.82, 2.24) is 0 Å². The molecule has 0 bridgehead atoms. The summed E-state index contributed by atoms with van der Waals surface area (Å²) in [6.07, 6.45) is 0. The van der Waals surface area contributed by atoms with E-state index in [1.54, 1.807) is 0 Å². The minimum absolute atomic E-state index is 0.588. The topological polar surface area (TPSA) is 27.7 Å². The fourth-order valence-electron chi connectivity index (χ4n) is 0. The van der Waals surface area contributed by atoms with Crippen molar-refractivity contribution in [2.75, 3.05) is 0 Å². The smallest absolute Gasteiger partial charge is 0.156 e. The van der Waals surface area contributed by atoms with Gasteiger partial charge in [0, 0.05) is 0 Å². The Morgan fingerprint density at radius 2 is 0.588 bits per heavy atom. The Kier molecular flexibility index (Phi) is 41.2. The van der Waals surface area contributed by atoms with Gasteiger partial charge in [-0.25, -0.2) is 0 Å². The minimum atomic E-state index is -0.588. The van der Waals surface area contributed by atoms with Gasteiger partial charge in [-0.1, -0.05) is 6.55 Å². The van der Waals surface area contributed by atoms with Crippen LogP contribution in [0.15, 0.2) is 0 Å². The molecule has 0 aliphatic heterocycles. The maximum atomic E-state index is 5.03. The lowest BCUT2D eigenvalue weighted by Gasteiger charge is -1.93. The van der Waals surface area contributed by atoms with Gasteiger partial charge < -0.3 is 12.3 Å². The van der Waals surface area contributed by atoms with Crippen LogP contribution >= 0.6 is 0 Å². The molecule has 0 radical (unpaired) electrons. The lowest BCUT2D eigenvalue weighted by atomic mass is 11.9. The Balaban J connectivity index is -0.0000000693. The summed E-state index contributed by atoms with van der Waals surface area (Å²) in [5, 5.41) is 0. The summed E-state index contributed by atoms with van der Waals surface area (Å²) in [7, 11) is 2.35. The Bertz CT molecular complexity index is 86.4. The largest absolute Gasteiger partial charge is 0.466 e. The fraction of sp³-hybridized carbons (Fsp3) is 1.00. The van der Waals surface area contributed by atoms with Gasteiger partial charge in [0.25, 0.3) is 0 Å². The molecule has 0 amide bonds. The number of rotatable bonds is 3. The predicted octanol–water partition coefficient (Wildman–Crippen LogP) is -2.80. The molecule has 10 heteroatoms. The first-order valence-corrected chi connectivity index (χ1v) is 19.2. The molecule has 0 heterocycles. The van der Waals surface area contributed by atoms with E-state index in [-0.39, 0.29) is 0 Å². The van der Waals surface area contributed by atoms with Crippen LogP contribution in [0.4, 0.5) is 0 Å². The van der Waals surface area contributed by atoms with E-state index in [1.165, 1.54) is 10.2 Å². The average Bonchev–Trinajstić information content (AvgIpc) is 2.32. The van der Waals surface area contributed by atoms with Crippen LogP contribution < -0.4 is 0 Å². The number of hydrogen-bond acceptors (Lipinski definition) is 3. The molecule has 0 saturated carbocycles. The summed E-state index contributed by atoms with van der Waals surface area (Å²) in [4.78, 5) is 0. The Morgan fingerprint density at radius 3 is 0.588 bits per heavy atom. The standard InChI is InChI=1S/3C2H10OSi2.CH6Si/c3*1-5(2)3-4;1-2/h3*5H,1-2,4H3;1-2H3. The van der Waals surface area contributed by atoms with E-state index in [1.807, 2.05) is 0 Å². The van der Waals surface area contributed by atoms with E-state index in [9.17, 15) is 0 Å². The third-order valence-electron chi connectivity index (χ3n) is 1.41. The molecule has 0 N–H and O–H groups in total. The van der Waals surface area contributed by atoms with Gasteiger partial charge in [-0.3, -0.25) is 0 Å². The fourth-order valence-corrected chi connectivity index (χ4v) is 0. The van der Waals surface area contributed by atoms with E-state index in [4.69, 9.17) is 12.3 Å². The van der Waals surface area contributed by atoms with Crippen molar-refractivity contribution in [3.8, 4) is 0 Å². The first-order valence-electron chi connectivity index (χ1n) is 6.40. The summed E-state index contributed by atoms with van der Waals surface area (Å²) in [5.41, 5.74) is 0. The summed E-state index contributed by atoms with van der Waals surface area (Å²) in [5.74, 6) is 0. The molecule has 17 heavy (non-hydrogen) atoms. The highest BCUT2D eigenvalue weighted by molar-refractivity contribution is 6.53. The molecular formula is C7H36O3Si7. The highest BCUT2D eigenvalue weighted by Crippen LogP contribution is 1.73.